The van der Waals surface area contributed by atoms with E-state index in [-0.39, 0.29) is 23.3 Å². The number of nitrogens with one attached hydrogen (secondary N) is 1. The summed E-state index contributed by atoms with van der Waals surface area (Å²) in [5, 5.41) is 2.81. The van der Waals surface area contributed by atoms with E-state index in [1.54, 1.807) is 26.8 Å². The first-order valence-corrected chi connectivity index (χ1v) is 11.7. The number of rotatable bonds is 7. The molecule has 0 unspecified atom stereocenters. The van der Waals surface area contributed by atoms with Gasteiger partial charge in [-0.3, -0.25) is 0 Å². The second kappa shape index (κ2) is 10.0. The van der Waals surface area contributed by atoms with Gasteiger partial charge in [-0.15, -0.1) is 0 Å². The Morgan fingerprint density at radius 3 is 2.09 bits per heavy atom. The first-order chi connectivity index (χ1) is 15.3. The molecular weight excluding hydrogens is 443 g/mol. The fourth-order valence-electron chi connectivity index (χ4n) is 3.55. The molecule has 34 heavy (non-hydrogen) atoms. The number of ether oxygens (including phenoxy) is 2. The molecule has 0 spiro atoms. The van der Waals surface area contributed by atoms with Crippen molar-refractivity contribution in [2.24, 2.45) is 5.41 Å². The number of alkyl halides is 2. The van der Waals surface area contributed by atoms with Crippen molar-refractivity contribution < 1.29 is 32.4 Å². The SMILES string of the molecule is CC(C)(C)C[C@@H](COc1ccc(B2OC(C)(C)C(C)(C)O2)cc1C(F)F)NC(=O)OC(C)(C)C. The molecule has 1 aliphatic rings. The Labute approximate surface area is 203 Å². The fourth-order valence-corrected chi connectivity index (χ4v) is 3.55. The standard InChI is InChI=1S/C25H40BF2NO5/c1-22(2,3)14-17(29-21(30)32-23(4,5)6)15-31-19-12-11-16(13-18(19)20(27)28)26-33-24(7,8)25(9,10)34-26/h11-13,17,20H,14-15H2,1-10H3,(H,29,30)/t17-/m0/s1. The van der Waals surface area contributed by atoms with E-state index < -0.39 is 42.5 Å². The maximum atomic E-state index is 13.9. The third-order valence-electron chi connectivity index (χ3n) is 5.81. The lowest BCUT2D eigenvalue weighted by Crippen LogP contribution is -2.44. The van der Waals surface area contributed by atoms with Crippen molar-refractivity contribution >= 4 is 18.7 Å². The third-order valence-corrected chi connectivity index (χ3v) is 5.81. The second-order valence-electron chi connectivity index (χ2n) is 12.1. The number of hydrogen-bond acceptors (Lipinski definition) is 5. The van der Waals surface area contributed by atoms with Crippen molar-refractivity contribution in [2.45, 2.75) is 105 Å². The molecule has 6 nitrogen and oxygen atoms in total. The Hall–Kier alpha value is -1.87. The Balaban J connectivity index is 2.19. The highest BCUT2D eigenvalue weighted by Crippen LogP contribution is 2.37. The molecule has 0 aliphatic carbocycles. The molecule has 0 saturated carbocycles. The number of alkyl carbamates (subject to hydrolysis) is 1. The van der Waals surface area contributed by atoms with Crippen LogP contribution in [0.2, 0.25) is 0 Å². The lowest BCUT2D eigenvalue weighted by molar-refractivity contribution is 0.00578. The van der Waals surface area contributed by atoms with E-state index in [0.717, 1.165) is 0 Å². The molecule has 0 radical (unpaired) electrons. The van der Waals surface area contributed by atoms with Gasteiger partial charge in [-0.1, -0.05) is 26.8 Å². The number of amides is 1. The Kier molecular flexibility index (Phi) is 8.36. The van der Waals surface area contributed by atoms with Gasteiger partial charge in [0.15, 0.2) is 0 Å². The first-order valence-electron chi connectivity index (χ1n) is 11.7. The molecule has 1 N–H and O–H groups in total. The molecule has 9 heteroatoms. The van der Waals surface area contributed by atoms with Gasteiger partial charge in [0.05, 0.1) is 22.8 Å². The number of hydrogen-bond donors (Lipinski definition) is 1. The Morgan fingerprint density at radius 1 is 1.06 bits per heavy atom. The van der Waals surface area contributed by atoms with Crippen LogP contribution in [-0.2, 0) is 14.0 Å². The molecule has 1 aromatic rings. The van der Waals surface area contributed by atoms with Crippen LogP contribution in [0.1, 0.15) is 87.6 Å². The van der Waals surface area contributed by atoms with E-state index in [4.69, 9.17) is 18.8 Å². The van der Waals surface area contributed by atoms with Crippen LogP contribution < -0.4 is 15.5 Å². The third kappa shape index (κ3) is 7.84. The van der Waals surface area contributed by atoms with Crippen molar-refractivity contribution in [2.75, 3.05) is 6.61 Å². The van der Waals surface area contributed by atoms with Crippen LogP contribution in [0.15, 0.2) is 18.2 Å². The highest BCUT2D eigenvalue weighted by molar-refractivity contribution is 6.62. The molecule has 1 atom stereocenters. The van der Waals surface area contributed by atoms with E-state index in [2.05, 4.69) is 5.32 Å². The van der Waals surface area contributed by atoms with Gasteiger partial charge in [0.2, 0.25) is 0 Å². The van der Waals surface area contributed by atoms with Gasteiger partial charge in [-0.25, -0.2) is 13.6 Å². The van der Waals surface area contributed by atoms with Crippen molar-refractivity contribution in [3.8, 4) is 5.75 Å². The zero-order chi connectivity index (χ0) is 26.1. The van der Waals surface area contributed by atoms with Gasteiger partial charge in [0, 0.05) is 0 Å². The Bertz CT molecular complexity index is 846. The lowest BCUT2D eigenvalue weighted by atomic mass is 9.78. The number of halogens is 2. The molecule has 1 amide bonds. The molecule has 2 rings (SSSR count). The van der Waals surface area contributed by atoms with Crippen molar-refractivity contribution in [3.05, 3.63) is 23.8 Å². The van der Waals surface area contributed by atoms with E-state index >= 15 is 0 Å². The zero-order valence-corrected chi connectivity index (χ0v) is 22.2. The average molecular weight is 483 g/mol. The van der Waals surface area contributed by atoms with E-state index in [1.165, 1.54) is 12.1 Å². The van der Waals surface area contributed by atoms with Crippen LogP contribution in [0.3, 0.4) is 0 Å². The smallest absolute Gasteiger partial charge is 0.491 e. The summed E-state index contributed by atoms with van der Waals surface area (Å²) < 4.78 is 51.0. The van der Waals surface area contributed by atoms with E-state index in [1.807, 2.05) is 48.5 Å². The fraction of sp³-hybridized carbons (Fsp3) is 0.720. The van der Waals surface area contributed by atoms with Gasteiger partial charge >= 0.3 is 13.2 Å². The van der Waals surface area contributed by atoms with Crippen molar-refractivity contribution in [3.63, 3.8) is 0 Å². The van der Waals surface area contributed by atoms with Crippen LogP contribution in [0.25, 0.3) is 0 Å². The minimum atomic E-state index is -2.75. The normalized spacial score (nSPS) is 18.7. The molecular formula is C25H40BF2NO5. The van der Waals surface area contributed by atoms with Crippen LogP contribution in [-0.4, -0.2) is 42.7 Å². The predicted molar refractivity (Wildman–Crippen MR) is 130 cm³/mol. The van der Waals surface area contributed by atoms with E-state index in [9.17, 15) is 13.6 Å². The van der Waals surface area contributed by atoms with Gasteiger partial charge in [0.1, 0.15) is 18.0 Å². The number of carbonyl (C=O) groups is 1. The molecule has 192 valence electrons. The van der Waals surface area contributed by atoms with Crippen LogP contribution in [0.5, 0.6) is 5.75 Å². The summed E-state index contributed by atoms with van der Waals surface area (Å²) in [5.74, 6) is 0.0557. The molecule has 1 aliphatic heterocycles. The number of carbonyl (C=O) groups excluding carboxylic acids is 1. The average Bonchev–Trinajstić information content (AvgIpc) is 2.84. The molecule has 1 saturated heterocycles. The molecule has 0 aromatic heterocycles. The summed E-state index contributed by atoms with van der Waals surface area (Å²) in [6.45, 7) is 19.1. The summed E-state index contributed by atoms with van der Waals surface area (Å²) in [7, 11) is -0.751. The van der Waals surface area contributed by atoms with Crippen molar-refractivity contribution in [1.29, 1.82) is 0 Å². The number of benzene rings is 1. The van der Waals surface area contributed by atoms with Gasteiger partial charge in [-0.05, 0) is 77.9 Å². The maximum absolute atomic E-state index is 13.9. The van der Waals surface area contributed by atoms with Gasteiger partial charge in [-0.2, -0.15) is 0 Å². The lowest BCUT2D eigenvalue weighted by Gasteiger charge is -2.32. The second-order valence-corrected chi connectivity index (χ2v) is 12.1. The molecule has 1 aromatic carbocycles. The Morgan fingerprint density at radius 2 is 1.62 bits per heavy atom. The summed E-state index contributed by atoms with van der Waals surface area (Å²) in [4.78, 5) is 12.3. The van der Waals surface area contributed by atoms with Gasteiger partial charge < -0.3 is 24.1 Å². The van der Waals surface area contributed by atoms with Crippen molar-refractivity contribution in [1.82, 2.24) is 5.32 Å². The van der Waals surface area contributed by atoms with E-state index in [0.29, 0.717) is 11.9 Å². The molecule has 1 heterocycles. The minimum absolute atomic E-state index is 0.0199. The summed E-state index contributed by atoms with van der Waals surface area (Å²) in [6, 6.07) is 4.11. The first kappa shape index (κ1) is 28.4. The predicted octanol–water partition coefficient (Wildman–Crippen LogP) is 5.63. The van der Waals surface area contributed by atoms with Crippen LogP contribution >= 0.6 is 0 Å². The van der Waals surface area contributed by atoms with Gasteiger partial charge in [0.25, 0.3) is 6.43 Å². The topological polar surface area (TPSA) is 66.0 Å². The summed E-state index contributed by atoms with van der Waals surface area (Å²) >= 11 is 0. The highest BCUT2D eigenvalue weighted by Gasteiger charge is 2.51. The quantitative estimate of drug-likeness (QED) is 0.509. The zero-order valence-electron chi connectivity index (χ0n) is 22.2. The molecule has 1 fully saturated rings. The summed E-state index contributed by atoms with van der Waals surface area (Å²) in [5.41, 5.74) is -1.69. The summed E-state index contributed by atoms with van der Waals surface area (Å²) in [6.07, 6.45) is -2.75. The molecule has 0 bridgehead atoms. The van der Waals surface area contributed by atoms with Crippen LogP contribution in [0.4, 0.5) is 13.6 Å². The minimum Gasteiger partial charge on any atom is -0.491 e. The highest BCUT2D eigenvalue weighted by atomic mass is 19.3. The monoisotopic (exact) mass is 483 g/mol. The largest absolute Gasteiger partial charge is 0.494 e. The maximum Gasteiger partial charge on any atom is 0.494 e. The van der Waals surface area contributed by atoms with Crippen LogP contribution in [0, 0.1) is 5.41 Å².